The zero-order valence-corrected chi connectivity index (χ0v) is 14.9. The Hall–Kier alpha value is -2.31. The SMILES string of the molecule is C=CCN(CC=C)C(=S)CC(O)CCN1C(=O)c2ccccc2C1=O. The number of amides is 2. The molecule has 1 aliphatic heterocycles. The van der Waals surface area contributed by atoms with E-state index in [0.29, 0.717) is 35.6 Å². The van der Waals surface area contributed by atoms with Gasteiger partial charge in [-0.05, 0) is 18.6 Å². The highest BCUT2D eigenvalue weighted by molar-refractivity contribution is 7.80. The summed E-state index contributed by atoms with van der Waals surface area (Å²) in [5.41, 5.74) is 0.835. The summed E-state index contributed by atoms with van der Waals surface area (Å²) in [5, 5.41) is 10.2. The minimum atomic E-state index is -0.728. The van der Waals surface area contributed by atoms with Gasteiger partial charge in [-0.1, -0.05) is 36.5 Å². The molecular weight excluding hydrogens is 336 g/mol. The summed E-state index contributed by atoms with van der Waals surface area (Å²) in [4.78, 5) is 28.3. The predicted molar refractivity (Wildman–Crippen MR) is 102 cm³/mol. The number of thiocarbonyl (C=S) groups is 1. The number of imide groups is 1. The third-order valence-electron chi connectivity index (χ3n) is 4.03. The number of aliphatic hydroxyl groups is 1. The Balaban J connectivity index is 1.90. The Bertz CT molecular complexity index is 657. The van der Waals surface area contributed by atoms with Crippen LogP contribution in [0.4, 0.5) is 0 Å². The van der Waals surface area contributed by atoms with Crippen LogP contribution in [0.25, 0.3) is 0 Å². The van der Waals surface area contributed by atoms with Gasteiger partial charge in [0.05, 0.1) is 22.2 Å². The summed E-state index contributed by atoms with van der Waals surface area (Å²) < 4.78 is 0. The molecule has 2 rings (SSSR count). The molecule has 0 saturated carbocycles. The van der Waals surface area contributed by atoms with Gasteiger partial charge < -0.3 is 10.0 Å². The van der Waals surface area contributed by atoms with Crippen molar-refractivity contribution in [2.24, 2.45) is 0 Å². The number of rotatable bonds is 9. The standard InChI is InChI=1S/C19H22N2O3S/c1-3-10-20(11-4-2)17(25)13-14(22)9-12-21-18(23)15-7-5-6-8-16(15)19(21)24/h3-8,14,22H,1-2,9-13H2. The van der Waals surface area contributed by atoms with Gasteiger partial charge in [0.2, 0.25) is 0 Å². The van der Waals surface area contributed by atoms with E-state index >= 15 is 0 Å². The summed E-state index contributed by atoms with van der Waals surface area (Å²) in [6.07, 6.45) is 3.32. The van der Waals surface area contributed by atoms with E-state index in [1.54, 1.807) is 36.4 Å². The molecule has 0 aliphatic carbocycles. The molecule has 132 valence electrons. The zero-order valence-electron chi connectivity index (χ0n) is 14.1. The van der Waals surface area contributed by atoms with Crippen LogP contribution in [-0.2, 0) is 0 Å². The summed E-state index contributed by atoms with van der Waals surface area (Å²) in [6, 6.07) is 6.75. The van der Waals surface area contributed by atoms with Crippen molar-refractivity contribution in [2.75, 3.05) is 19.6 Å². The normalized spacial score (nSPS) is 14.2. The molecule has 0 spiro atoms. The average molecular weight is 358 g/mol. The Morgan fingerprint density at radius 2 is 1.68 bits per heavy atom. The van der Waals surface area contributed by atoms with Crippen molar-refractivity contribution in [2.45, 2.75) is 18.9 Å². The Kier molecular flexibility index (Phi) is 6.61. The van der Waals surface area contributed by atoms with Crippen LogP contribution in [0.5, 0.6) is 0 Å². The van der Waals surface area contributed by atoms with E-state index in [0.717, 1.165) is 0 Å². The van der Waals surface area contributed by atoms with Crippen molar-refractivity contribution in [1.82, 2.24) is 9.80 Å². The maximum Gasteiger partial charge on any atom is 0.261 e. The molecule has 0 fully saturated rings. The number of benzene rings is 1. The first kappa shape index (κ1) is 19.0. The number of nitrogens with zero attached hydrogens (tertiary/aromatic N) is 2. The first-order valence-electron chi connectivity index (χ1n) is 8.12. The summed E-state index contributed by atoms with van der Waals surface area (Å²) >= 11 is 5.36. The molecule has 1 aromatic carbocycles. The van der Waals surface area contributed by atoms with E-state index in [2.05, 4.69) is 13.2 Å². The van der Waals surface area contributed by atoms with Crippen molar-refractivity contribution in [3.63, 3.8) is 0 Å². The van der Waals surface area contributed by atoms with Gasteiger partial charge in [-0.15, -0.1) is 13.2 Å². The highest BCUT2D eigenvalue weighted by Gasteiger charge is 2.34. The fourth-order valence-electron chi connectivity index (χ4n) is 2.74. The third-order valence-corrected chi connectivity index (χ3v) is 4.45. The lowest BCUT2D eigenvalue weighted by molar-refractivity contribution is 0.0625. The van der Waals surface area contributed by atoms with Gasteiger partial charge in [0.15, 0.2) is 0 Å². The van der Waals surface area contributed by atoms with E-state index in [9.17, 15) is 14.7 Å². The third kappa shape index (κ3) is 4.41. The molecule has 0 aromatic heterocycles. The van der Waals surface area contributed by atoms with Crippen LogP contribution in [0.15, 0.2) is 49.6 Å². The molecular formula is C19H22N2O3S. The van der Waals surface area contributed by atoms with Crippen molar-refractivity contribution in [1.29, 1.82) is 0 Å². The van der Waals surface area contributed by atoms with E-state index in [-0.39, 0.29) is 24.8 Å². The van der Waals surface area contributed by atoms with Crippen molar-refractivity contribution in [3.8, 4) is 0 Å². The number of aliphatic hydroxyl groups excluding tert-OH is 1. The van der Waals surface area contributed by atoms with Gasteiger partial charge in [-0.25, -0.2) is 0 Å². The molecule has 0 bridgehead atoms. The Morgan fingerprint density at radius 3 is 2.16 bits per heavy atom. The molecule has 25 heavy (non-hydrogen) atoms. The molecule has 1 aliphatic rings. The Morgan fingerprint density at radius 1 is 1.16 bits per heavy atom. The van der Waals surface area contributed by atoms with Crippen LogP contribution in [0, 0.1) is 0 Å². The zero-order chi connectivity index (χ0) is 18.4. The molecule has 1 unspecified atom stereocenters. The fourth-order valence-corrected chi connectivity index (χ4v) is 3.08. The summed E-state index contributed by atoms with van der Waals surface area (Å²) in [5.74, 6) is -0.620. The lowest BCUT2D eigenvalue weighted by Crippen LogP contribution is -2.35. The second kappa shape index (κ2) is 8.69. The molecule has 1 aromatic rings. The summed E-state index contributed by atoms with van der Waals surface area (Å²) in [7, 11) is 0. The lowest BCUT2D eigenvalue weighted by atomic mass is 10.1. The second-order valence-electron chi connectivity index (χ2n) is 5.83. The molecule has 1 N–H and O–H groups in total. The molecule has 1 heterocycles. The maximum atomic E-state index is 12.3. The van der Waals surface area contributed by atoms with Gasteiger partial charge in [0.1, 0.15) is 0 Å². The van der Waals surface area contributed by atoms with E-state index in [4.69, 9.17) is 12.2 Å². The van der Waals surface area contributed by atoms with E-state index in [1.165, 1.54) is 4.90 Å². The van der Waals surface area contributed by atoms with Crippen LogP contribution in [-0.4, -0.2) is 57.4 Å². The quantitative estimate of drug-likeness (QED) is 0.417. The second-order valence-corrected chi connectivity index (χ2v) is 6.30. The number of carbonyl (C=O) groups excluding carboxylic acids is 2. The molecule has 6 heteroatoms. The number of carbonyl (C=O) groups is 2. The molecule has 2 amide bonds. The van der Waals surface area contributed by atoms with Crippen LogP contribution in [0.3, 0.4) is 0 Å². The van der Waals surface area contributed by atoms with Crippen LogP contribution in [0.2, 0.25) is 0 Å². The van der Waals surface area contributed by atoms with Gasteiger partial charge >= 0.3 is 0 Å². The van der Waals surface area contributed by atoms with Gasteiger partial charge in [0, 0.05) is 26.1 Å². The lowest BCUT2D eigenvalue weighted by Gasteiger charge is -2.24. The van der Waals surface area contributed by atoms with Crippen molar-refractivity contribution >= 4 is 29.0 Å². The van der Waals surface area contributed by atoms with Crippen molar-refractivity contribution in [3.05, 3.63) is 60.7 Å². The van der Waals surface area contributed by atoms with Gasteiger partial charge in [-0.3, -0.25) is 14.5 Å². The van der Waals surface area contributed by atoms with Crippen LogP contribution >= 0.6 is 12.2 Å². The monoisotopic (exact) mass is 358 g/mol. The summed E-state index contributed by atoms with van der Waals surface area (Å²) in [6.45, 7) is 8.70. The minimum Gasteiger partial charge on any atom is -0.393 e. The van der Waals surface area contributed by atoms with Gasteiger partial charge in [-0.2, -0.15) is 0 Å². The van der Waals surface area contributed by atoms with Gasteiger partial charge in [0.25, 0.3) is 11.8 Å². The Labute approximate surface area is 153 Å². The highest BCUT2D eigenvalue weighted by Crippen LogP contribution is 2.22. The average Bonchev–Trinajstić information content (AvgIpc) is 2.84. The van der Waals surface area contributed by atoms with E-state index < -0.39 is 6.10 Å². The number of fused-ring (bicyclic) bond motifs is 1. The molecule has 0 radical (unpaired) electrons. The first-order valence-corrected chi connectivity index (χ1v) is 8.53. The number of hydrogen-bond acceptors (Lipinski definition) is 4. The van der Waals surface area contributed by atoms with Crippen molar-refractivity contribution < 1.29 is 14.7 Å². The topological polar surface area (TPSA) is 60.9 Å². The predicted octanol–water partition coefficient (Wildman–Crippen LogP) is 2.43. The van der Waals surface area contributed by atoms with Crippen LogP contribution in [0.1, 0.15) is 33.6 Å². The van der Waals surface area contributed by atoms with Crippen LogP contribution < -0.4 is 0 Å². The minimum absolute atomic E-state index is 0.166. The maximum absolute atomic E-state index is 12.3. The number of hydrogen-bond donors (Lipinski definition) is 1. The first-order chi connectivity index (χ1) is 12.0. The highest BCUT2D eigenvalue weighted by atomic mass is 32.1. The molecule has 5 nitrogen and oxygen atoms in total. The largest absolute Gasteiger partial charge is 0.393 e. The smallest absolute Gasteiger partial charge is 0.261 e. The molecule has 1 atom stereocenters. The van der Waals surface area contributed by atoms with E-state index in [1.807, 2.05) is 4.90 Å². The molecule has 0 saturated heterocycles. The fraction of sp³-hybridized carbons (Fsp3) is 0.316.